The number of halogens is 2. The summed E-state index contributed by atoms with van der Waals surface area (Å²) in [5.41, 5.74) is 0. The van der Waals surface area contributed by atoms with Crippen molar-refractivity contribution in [2.75, 3.05) is 18.2 Å². The van der Waals surface area contributed by atoms with Gasteiger partial charge in [-0.05, 0) is 20.8 Å². The van der Waals surface area contributed by atoms with E-state index in [0.717, 1.165) is 0 Å². The summed E-state index contributed by atoms with van der Waals surface area (Å²) in [5, 5.41) is 1.76. The molecule has 0 aliphatic carbocycles. The van der Waals surface area contributed by atoms with E-state index in [2.05, 4.69) is 43.4 Å². The molecule has 10 heavy (non-hydrogen) atoms. The van der Waals surface area contributed by atoms with Crippen LogP contribution in [0.25, 0.3) is 0 Å². The average Bonchev–Trinajstić information content (AvgIpc) is 1.64. The molecule has 0 rings (SSSR count). The maximum Gasteiger partial charge on any atom is 0.0690 e. The third-order valence-electron chi connectivity index (χ3n) is 1.75. The zero-order valence-corrected chi connectivity index (χ0v) is 11.3. The molecule has 0 aromatic carbocycles. The molecule has 0 aliphatic rings. The molecule has 1 unspecified atom stereocenters. The van der Waals surface area contributed by atoms with Crippen LogP contribution in [0.4, 0.5) is 0 Å². The first-order chi connectivity index (χ1) is 3.98. The van der Waals surface area contributed by atoms with Crippen molar-refractivity contribution in [1.82, 2.24) is 0 Å². The largest absolute Gasteiger partial charge is 1.00 e. The highest BCUT2D eigenvalue weighted by molar-refractivity contribution is 9.09. The van der Waals surface area contributed by atoms with E-state index < -0.39 is 0 Å². The van der Waals surface area contributed by atoms with E-state index in [1.807, 2.05) is 0 Å². The smallest absolute Gasteiger partial charge is 0.0690 e. The molecule has 0 nitrogen and oxygen atoms in total. The molecule has 0 aromatic heterocycles. The second-order valence-electron chi connectivity index (χ2n) is 3.47. The van der Waals surface area contributed by atoms with Gasteiger partial charge in [0.25, 0.3) is 0 Å². The first kappa shape index (κ1) is 13.9. The molecule has 0 saturated heterocycles. The molecule has 0 N–H and O–H groups in total. The molecular formula is C7H17Br2P. The van der Waals surface area contributed by atoms with E-state index in [4.69, 9.17) is 0 Å². The van der Waals surface area contributed by atoms with Gasteiger partial charge in [0, 0.05) is 19.9 Å². The molecule has 3 heteroatoms. The van der Waals surface area contributed by atoms with Crippen LogP contribution >= 0.6 is 23.9 Å². The van der Waals surface area contributed by atoms with Crippen molar-refractivity contribution in [3.8, 4) is 0 Å². The molecule has 0 fully saturated rings. The zero-order valence-electron chi connectivity index (χ0n) is 7.17. The Hall–Kier alpha value is 1.39. The van der Waals surface area contributed by atoms with Gasteiger partial charge in [0.2, 0.25) is 0 Å². The fourth-order valence-electron chi connectivity index (χ4n) is 0.517. The maximum atomic E-state index is 3.47. The Kier molecular flexibility index (Phi) is 8.32. The Morgan fingerprint density at radius 2 is 1.70 bits per heavy atom. The van der Waals surface area contributed by atoms with E-state index in [-0.39, 0.29) is 24.9 Å². The third kappa shape index (κ3) is 6.12. The summed E-state index contributed by atoms with van der Waals surface area (Å²) in [5.74, 6) is 0. The number of rotatable bonds is 2. The minimum atomic E-state index is -0.103. The summed E-state index contributed by atoms with van der Waals surface area (Å²) in [4.78, 5) is 0. The van der Waals surface area contributed by atoms with Gasteiger partial charge in [-0.1, -0.05) is 15.9 Å². The van der Waals surface area contributed by atoms with E-state index in [0.29, 0.717) is 5.16 Å². The van der Waals surface area contributed by atoms with Gasteiger partial charge in [-0.25, -0.2) is 0 Å². The number of hydrogen-bond donors (Lipinski definition) is 0. The number of hydrogen-bond acceptors (Lipinski definition) is 0. The van der Waals surface area contributed by atoms with Gasteiger partial charge in [-0.15, -0.1) is 0 Å². The summed E-state index contributed by atoms with van der Waals surface area (Å²) in [7, 11) is -0.103. The molecule has 0 radical (unpaired) electrons. The van der Waals surface area contributed by atoms with Crippen LogP contribution in [-0.4, -0.2) is 23.3 Å². The molecule has 0 aromatic rings. The molecule has 0 spiro atoms. The van der Waals surface area contributed by atoms with Crippen molar-refractivity contribution >= 4 is 23.9 Å². The minimum absolute atomic E-state index is 0. The van der Waals surface area contributed by atoms with Gasteiger partial charge in [-0.3, -0.25) is 0 Å². The molecule has 0 aliphatic heterocycles. The quantitative estimate of drug-likeness (QED) is 0.497. The van der Waals surface area contributed by atoms with Gasteiger partial charge < -0.3 is 17.0 Å². The highest BCUT2D eigenvalue weighted by atomic mass is 79.9. The Morgan fingerprint density at radius 1 is 1.30 bits per heavy atom. The molecule has 0 amide bonds. The van der Waals surface area contributed by atoms with Crippen molar-refractivity contribution in [1.29, 1.82) is 0 Å². The summed E-state index contributed by atoms with van der Waals surface area (Å²) >= 11 is 3.47. The van der Waals surface area contributed by atoms with Crippen LogP contribution in [0.1, 0.15) is 20.8 Å². The second kappa shape index (κ2) is 5.97. The standard InChI is InChI=1S/C7H16BrP.BrH/c1-7(2,3)9(4)6-5-8;/h5-6H2,1-4H3;1H. The van der Waals surface area contributed by atoms with Crippen LogP contribution < -0.4 is 17.0 Å². The van der Waals surface area contributed by atoms with E-state index >= 15 is 0 Å². The van der Waals surface area contributed by atoms with Gasteiger partial charge in [0.1, 0.15) is 0 Å². The first-order valence-corrected chi connectivity index (χ1v) is 6.70. The van der Waals surface area contributed by atoms with E-state index in [1.54, 1.807) is 0 Å². The molecule has 0 bridgehead atoms. The predicted molar refractivity (Wildman–Crippen MR) is 52.7 cm³/mol. The fourth-order valence-corrected chi connectivity index (χ4v) is 3.33. The van der Waals surface area contributed by atoms with Gasteiger partial charge in [0.15, 0.2) is 0 Å². The van der Waals surface area contributed by atoms with E-state index in [1.165, 1.54) is 11.5 Å². The van der Waals surface area contributed by atoms with Crippen LogP contribution in [-0.2, 0) is 0 Å². The molecular weight excluding hydrogens is 275 g/mol. The van der Waals surface area contributed by atoms with Crippen molar-refractivity contribution in [3.63, 3.8) is 0 Å². The first-order valence-electron chi connectivity index (χ1n) is 3.37. The van der Waals surface area contributed by atoms with Crippen LogP contribution in [0.15, 0.2) is 0 Å². The molecule has 64 valence electrons. The second-order valence-corrected chi connectivity index (χ2v) is 7.82. The summed E-state index contributed by atoms with van der Waals surface area (Å²) in [6.07, 6.45) is 1.38. The van der Waals surface area contributed by atoms with Crippen molar-refractivity contribution in [3.05, 3.63) is 0 Å². The molecule has 0 heterocycles. The SMILES string of the molecule is C[PH+](CCBr)C(C)(C)C.[Br-]. The summed E-state index contributed by atoms with van der Waals surface area (Å²) in [6, 6.07) is 0. The highest BCUT2D eigenvalue weighted by Gasteiger charge is 2.25. The Bertz CT molecular complexity index is 78.2. The van der Waals surface area contributed by atoms with Crippen LogP contribution in [0, 0.1) is 0 Å². The van der Waals surface area contributed by atoms with E-state index in [9.17, 15) is 0 Å². The monoisotopic (exact) mass is 290 g/mol. The third-order valence-corrected chi connectivity index (χ3v) is 6.44. The van der Waals surface area contributed by atoms with Crippen LogP contribution in [0.3, 0.4) is 0 Å². The number of alkyl halides is 1. The maximum absolute atomic E-state index is 3.47. The van der Waals surface area contributed by atoms with Crippen LogP contribution in [0.5, 0.6) is 0 Å². The van der Waals surface area contributed by atoms with Crippen molar-refractivity contribution in [2.24, 2.45) is 0 Å². The normalized spacial score (nSPS) is 14.1. The Morgan fingerprint density at radius 3 is 1.80 bits per heavy atom. The zero-order chi connectivity index (χ0) is 7.49. The lowest BCUT2D eigenvalue weighted by Crippen LogP contribution is -3.00. The Balaban J connectivity index is 0. The average molecular weight is 292 g/mol. The lowest BCUT2D eigenvalue weighted by Gasteiger charge is -2.19. The summed E-state index contributed by atoms with van der Waals surface area (Å²) in [6.45, 7) is 9.42. The van der Waals surface area contributed by atoms with Gasteiger partial charge in [-0.2, -0.15) is 0 Å². The molecule has 0 saturated carbocycles. The lowest BCUT2D eigenvalue weighted by atomic mass is 10.3. The summed E-state index contributed by atoms with van der Waals surface area (Å²) < 4.78 is 0. The van der Waals surface area contributed by atoms with Crippen LogP contribution in [0.2, 0.25) is 0 Å². The molecule has 1 atom stereocenters. The fraction of sp³-hybridized carbons (Fsp3) is 1.00. The van der Waals surface area contributed by atoms with Crippen molar-refractivity contribution < 1.29 is 17.0 Å². The predicted octanol–water partition coefficient (Wildman–Crippen LogP) is 0.0278. The lowest BCUT2D eigenvalue weighted by molar-refractivity contribution is -0.00000222. The van der Waals surface area contributed by atoms with Gasteiger partial charge in [0.05, 0.1) is 11.3 Å². The van der Waals surface area contributed by atoms with Crippen molar-refractivity contribution in [2.45, 2.75) is 25.9 Å². The topological polar surface area (TPSA) is 0 Å². The highest BCUT2D eigenvalue weighted by Crippen LogP contribution is 2.45. The Labute approximate surface area is 84.8 Å². The van der Waals surface area contributed by atoms with Gasteiger partial charge >= 0.3 is 0 Å². The minimum Gasteiger partial charge on any atom is -1.00 e.